The second kappa shape index (κ2) is 11.4. The Labute approximate surface area is 228 Å². The van der Waals surface area contributed by atoms with Crippen LogP contribution in [0.25, 0.3) is 6.08 Å². The van der Waals surface area contributed by atoms with E-state index in [1.807, 2.05) is 19.1 Å². The minimum atomic E-state index is -0.534. The van der Waals surface area contributed by atoms with E-state index >= 15 is 0 Å². The molecule has 6 nitrogen and oxygen atoms in total. The van der Waals surface area contributed by atoms with Crippen molar-refractivity contribution in [2.45, 2.75) is 13.5 Å². The van der Waals surface area contributed by atoms with Gasteiger partial charge in [-0.1, -0.05) is 29.8 Å². The van der Waals surface area contributed by atoms with Gasteiger partial charge in [-0.15, -0.1) is 0 Å². The first-order valence-corrected chi connectivity index (χ1v) is 13.1. The molecule has 0 saturated carbocycles. The minimum absolute atomic E-state index is 0.210. The van der Waals surface area contributed by atoms with Crippen LogP contribution in [0.5, 0.6) is 5.75 Å². The van der Waals surface area contributed by atoms with Crippen molar-refractivity contribution in [3.05, 3.63) is 97.0 Å². The highest BCUT2D eigenvalue weighted by atomic mass is 79.9. The van der Waals surface area contributed by atoms with Gasteiger partial charge >= 0.3 is 0 Å². The zero-order chi connectivity index (χ0) is 25.8. The third kappa shape index (κ3) is 6.43. The number of anilines is 1. The molecule has 3 amide bonds. The third-order valence-corrected chi connectivity index (χ3v) is 7.21. The zero-order valence-electron chi connectivity index (χ0n) is 18.9. The number of carbonyl (C=O) groups excluding carboxylic acids is 3. The van der Waals surface area contributed by atoms with Crippen LogP contribution >= 0.6 is 43.6 Å². The lowest BCUT2D eigenvalue weighted by atomic mass is 10.2. The van der Waals surface area contributed by atoms with Gasteiger partial charge in [-0.3, -0.25) is 19.3 Å². The number of aryl methyl sites for hydroxylation is 1. The molecule has 1 saturated heterocycles. The molecule has 1 aliphatic rings. The average Bonchev–Trinajstić information content (AvgIpc) is 3.08. The van der Waals surface area contributed by atoms with Crippen molar-refractivity contribution in [1.29, 1.82) is 0 Å². The summed E-state index contributed by atoms with van der Waals surface area (Å²) >= 11 is 7.73. The molecule has 36 heavy (non-hydrogen) atoms. The fourth-order valence-corrected chi connectivity index (χ4v) is 5.59. The molecule has 10 heteroatoms. The maximum Gasteiger partial charge on any atom is 0.294 e. The van der Waals surface area contributed by atoms with E-state index in [1.165, 1.54) is 12.1 Å². The molecule has 3 aromatic rings. The van der Waals surface area contributed by atoms with E-state index in [1.54, 1.807) is 42.5 Å². The van der Waals surface area contributed by atoms with E-state index in [9.17, 15) is 18.8 Å². The highest BCUT2D eigenvalue weighted by molar-refractivity contribution is 9.11. The Kier molecular flexibility index (Phi) is 8.28. The molecule has 0 atom stereocenters. The van der Waals surface area contributed by atoms with Gasteiger partial charge < -0.3 is 10.1 Å². The topological polar surface area (TPSA) is 75.7 Å². The Morgan fingerprint density at radius 3 is 2.33 bits per heavy atom. The maximum absolute atomic E-state index is 13.1. The van der Waals surface area contributed by atoms with Crippen molar-refractivity contribution < 1.29 is 23.5 Å². The number of ether oxygens (including phenoxy) is 1. The van der Waals surface area contributed by atoms with Crippen molar-refractivity contribution in [2.75, 3.05) is 11.9 Å². The minimum Gasteiger partial charge on any atom is -0.487 e. The van der Waals surface area contributed by atoms with Crippen LogP contribution in [0, 0.1) is 12.7 Å². The van der Waals surface area contributed by atoms with Crippen molar-refractivity contribution in [3.63, 3.8) is 0 Å². The monoisotopic (exact) mass is 632 g/mol. The molecule has 1 aliphatic heterocycles. The quantitative estimate of drug-likeness (QED) is 0.286. The first kappa shape index (κ1) is 26.1. The molecule has 1 heterocycles. The van der Waals surface area contributed by atoms with Gasteiger partial charge in [-0.25, -0.2) is 4.39 Å². The number of nitrogens with one attached hydrogen (secondary N) is 1. The molecule has 0 unspecified atom stereocenters. The maximum atomic E-state index is 13.1. The molecule has 1 fully saturated rings. The van der Waals surface area contributed by atoms with Gasteiger partial charge in [0.05, 0.1) is 13.9 Å². The number of benzene rings is 3. The molecule has 0 spiro atoms. The van der Waals surface area contributed by atoms with E-state index in [2.05, 4.69) is 37.2 Å². The van der Waals surface area contributed by atoms with Crippen molar-refractivity contribution in [3.8, 4) is 5.75 Å². The smallest absolute Gasteiger partial charge is 0.294 e. The van der Waals surface area contributed by atoms with E-state index < -0.39 is 17.1 Å². The number of carbonyl (C=O) groups is 3. The predicted molar refractivity (Wildman–Crippen MR) is 145 cm³/mol. The molecular weight excluding hydrogens is 615 g/mol. The molecule has 184 valence electrons. The molecular formula is C26H19Br2FN2O4S. The summed E-state index contributed by atoms with van der Waals surface area (Å²) in [5.74, 6) is -0.775. The van der Waals surface area contributed by atoms with Crippen LogP contribution in [0.4, 0.5) is 14.9 Å². The lowest BCUT2D eigenvalue weighted by Crippen LogP contribution is -2.36. The zero-order valence-corrected chi connectivity index (χ0v) is 22.9. The van der Waals surface area contributed by atoms with Crippen LogP contribution in [0.3, 0.4) is 0 Å². The Bertz CT molecular complexity index is 1340. The molecule has 1 N–H and O–H groups in total. The lowest BCUT2D eigenvalue weighted by molar-refractivity contribution is -0.127. The first-order valence-electron chi connectivity index (χ1n) is 10.7. The number of hydrogen-bond donors (Lipinski definition) is 1. The highest BCUT2D eigenvalue weighted by Crippen LogP contribution is 2.38. The molecule has 0 aromatic heterocycles. The van der Waals surface area contributed by atoms with Crippen molar-refractivity contribution in [2.24, 2.45) is 0 Å². The fraction of sp³-hybridized carbons (Fsp3) is 0.115. The summed E-state index contributed by atoms with van der Waals surface area (Å²) in [6, 6.07) is 16.7. The van der Waals surface area contributed by atoms with Gasteiger partial charge in [0.15, 0.2) is 0 Å². The SMILES string of the molecule is Cc1ccc(NC(=O)CN2C(=O)S/C(=C/c3cc(Br)c(OCc4ccc(F)cc4)c(Br)c3)C2=O)cc1. The average molecular weight is 634 g/mol. The summed E-state index contributed by atoms with van der Waals surface area (Å²) in [7, 11) is 0. The number of thioether (sulfide) groups is 1. The van der Waals surface area contributed by atoms with E-state index in [0.29, 0.717) is 25.9 Å². The van der Waals surface area contributed by atoms with Gasteiger partial charge in [-0.05, 0) is 104 Å². The third-order valence-electron chi connectivity index (χ3n) is 5.13. The van der Waals surface area contributed by atoms with Crippen LogP contribution < -0.4 is 10.1 Å². The number of rotatable bonds is 7. The van der Waals surface area contributed by atoms with Crippen LogP contribution in [0.15, 0.2) is 74.5 Å². The van der Waals surface area contributed by atoms with Crippen molar-refractivity contribution >= 4 is 72.4 Å². The fourth-order valence-electron chi connectivity index (χ4n) is 3.31. The second-order valence-electron chi connectivity index (χ2n) is 7.91. The summed E-state index contributed by atoms with van der Waals surface area (Å²) < 4.78 is 20.2. The summed E-state index contributed by atoms with van der Waals surface area (Å²) in [6.07, 6.45) is 1.59. The van der Waals surface area contributed by atoms with Crippen LogP contribution in [-0.2, 0) is 16.2 Å². The number of imide groups is 1. The summed E-state index contributed by atoms with van der Waals surface area (Å²) in [5, 5.41) is 2.18. The molecule has 0 bridgehead atoms. The standard InChI is InChI=1S/C26H19Br2FN2O4S/c1-15-2-8-19(9-3-15)30-23(32)13-31-25(33)22(36-26(31)34)12-17-10-20(27)24(21(28)11-17)35-14-16-4-6-18(29)7-5-16/h2-12H,13-14H2,1H3,(H,30,32)/b22-12+. The normalized spacial score (nSPS) is 14.4. The number of hydrogen-bond acceptors (Lipinski definition) is 5. The number of halogens is 3. The molecule has 4 rings (SSSR count). The van der Waals surface area contributed by atoms with Gasteiger partial charge in [0.25, 0.3) is 11.1 Å². The van der Waals surface area contributed by atoms with Gasteiger partial charge in [0, 0.05) is 5.69 Å². The molecule has 0 radical (unpaired) electrons. The van der Waals surface area contributed by atoms with Gasteiger partial charge in [-0.2, -0.15) is 0 Å². The largest absolute Gasteiger partial charge is 0.487 e. The van der Waals surface area contributed by atoms with Crippen molar-refractivity contribution in [1.82, 2.24) is 4.90 Å². The van der Waals surface area contributed by atoms with Crippen LogP contribution in [0.2, 0.25) is 0 Å². The van der Waals surface area contributed by atoms with Crippen LogP contribution in [-0.4, -0.2) is 28.5 Å². The van der Waals surface area contributed by atoms with E-state index in [0.717, 1.165) is 27.8 Å². The summed E-state index contributed by atoms with van der Waals surface area (Å²) in [5.41, 5.74) is 3.09. The Hall–Kier alpha value is -2.95. The first-order chi connectivity index (χ1) is 17.2. The molecule has 0 aliphatic carbocycles. The number of nitrogens with zero attached hydrogens (tertiary/aromatic N) is 1. The Morgan fingerprint density at radius 1 is 1.06 bits per heavy atom. The number of amides is 3. The summed E-state index contributed by atoms with van der Waals surface area (Å²) in [6.45, 7) is 1.80. The summed E-state index contributed by atoms with van der Waals surface area (Å²) in [4.78, 5) is 38.8. The lowest BCUT2D eigenvalue weighted by Gasteiger charge is -2.13. The Balaban J connectivity index is 1.43. The van der Waals surface area contributed by atoms with Gasteiger partial charge in [0.2, 0.25) is 5.91 Å². The Morgan fingerprint density at radius 2 is 1.69 bits per heavy atom. The van der Waals surface area contributed by atoms with E-state index in [4.69, 9.17) is 4.74 Å². The van der Waals surface area contributed by atoms with E-state index in [-0.39, 0.29) is 23.9 Å². The van der Waals surface area contributed by atoms with Gasteiger partial charge in [0.1, 0.15) is 24.7 Å². The second-order valence-corrected chi connectivity index (χ2v) is 10.6. The highest BCUT2D eigenvalue weighted by Gasteiger charge is 2.36. The predicted octanol–water partition coefficient (Wildman–Crippen LogP) is 6.91. The molecule has 3 aromatic carbocycles. The van der Waals surface area contributed by atoms with Crippen LogP contribution in [0.1, 0.15) is 16.7 Å².